The second-order valence-electron chi connectivity index (χ2n) is 10.6. The number of aryl methyl sites for hydroxylation is 1. The highest BCUT2D eigenvalue weighted by Crippen LogP contribution is 2.38. The van der Waals surface area contributed by atoms with Gasteiger partial charge in [-0.25, -0.2) is 9.97 Å². The van der Waals surface area contributed by atoms with Crippen molar-refractivity contribution in [2.45, 2.75) is 25.8 Å². The van der Waals surface area contributed by atoms with Crippen molar-refractivity contribution in [1.82, 2.24) is 29.3 Å². The molecular formula is C27H30N6O2. The van der Waals surface area contributed by atoms with Crippen molar-refractivity contribution < 1.29 is 9.53 Å². The lowest BCUT2D eigenvalue weighted by molar-refractivity contribution is 0.0751. The van der Waals surface area contributed by atoms with Crippen LogP contribution >= 0.6 is 0 Å². The molecule has 0 unspecified atom stereocenters. The summed E-state index contributed by atoms with van der Waals surface area (Å²) >= 11 is 0. The summed E-state index contributed by atoms with van der Waals surface area (Å²) in [7, 11) is 3.68. The van der Waals surface area contributed by atoms with Crippen LogP contribution in [-0.4, -0.2) is 63.2 Å². The summed E-state index contributed by atoms with van der Waals surface area (Å²) in [6, 6.07) is 10.1. The van der Waals surface area contributed by atoms with Crippen LogP contribution in [0, 0.1) is 11.3 Å². The van der Waals surface area contributed by atoms with Crippen LogP contribution in [0.5, 0.6) is 5.75 Å². The van der Waals surface area contributed by atoms with Crippen LogP contribution in [0.1, 0.15) is 29.6 Å². The van der Waals surface area contributed by atoms with Gasteiger partial charge in [0.05, 0.1) is 18.3 Å². The molecule has 1 saturated carbocycles. The van der Waals surface area contributed by atoms with E-state index in [1.165, 1.54) is 12.8 Å². The van der Waals surface area contributed by atoms with Crippen molar-refractivity contribution in [1.29, 1.82) is 0 Å². The number of amides is 1. The minimum atomic E-state index is 0.0632. The molecule has 1 amide bonds. The highest BCUT2D eigenvalue weighted by atomic mass is 16.5. The van der Waals surface area contributed by atoms with Gasteiger partial charge < -0.3 is 24.1 Å². The van der Waals surface area contributed by atoms with E-state index in [0.29, 0.717) is 17.2 Å². The third kappa shape index (κ3) is 3.26. The Bertz CT molecular complexity index is 1480. The van der Waals surface area contributed by atoms with Crippen LogP contribution in [0.4, 0.5) is 0 Å². The van der Waals surface area contributed by atoms with Gasteiger partial charge in [-0.1, -0.05) is 0 Å². The van der Waals surface area contributed by atoms with E-state index in [4.69, 9.17) is 9.72 Å². The second kappa shape index (κ2) is 7.55. The Morgan fingerprint density at radius 1 is 1.26 bits per heavy atom. The molecule has 8 nitrogen and oxygen atoms in total. The molecule has 4 aromatic rings. The molecule has 5 heterocycles. The molecule has 0 bridgehead atoms. The first-order chi connectivity index (χ1) is 17.0. The first kappa shape index (κ1) is 20.9. The van der Waals surface area contributed by atoms with Crippen LogP contribution in [0.3, 0.4) is 0 Å². The number of nitrogens with one attached hydrogen (secondary N) is 1. The zero-order valence-electron chi connectivity index (χ0n) is 20.3. The lowest BCUT2D eigenvalue weighted by Crippen LogP contribution is -2.55. The zero-order valence-corrected chi connectivity index (χ0v) is 20.3. The number of ether oxygens (including phenoxy) is 1. The lowest BCUT2D eigenvalue weighted by atomic mass is 9.81. The number of rotatable bonds is 5. The van der Waals surface area contributed by atoms with Gasteiger partial charge in [-0.05, 0) is 55.5 Å². The number of hydrogen-bond acceptors (Lipinski definition) is 5. The van der Waals surface area contributed by atoms with Crippen LogP contribution in [0.15, 0.2) is 36.5 Å². The molecule has 7 rings (SSSR count). The Kier molecular flexibility index (Phi) is 4.52. The van der Waals surface area contributed by atoms with E-state index in [1.54, 1.807) is 7.11 Å². The summed E-state index contributed by atoms with van der Waals surface area (Å²) in [5.41, 5.74) is 4.64. The Balaban J connectivity index is 1.32. The fraction of sp³-hybridized carbons (Fsp3) is 0.444. The average molecular weight is 471 g/mol. The molecule has 3 aromatic heterocycles. The third-order valence-electron chi connectivity index (χ3n) is 8.15. The van der Waals surface area contributed by atoms with Gasteiger partial charge in [-0.3, -0.25) is 4.79 Å². The summed E-state index contributed by atoms with van der Waals surface area (Å²) in [5, 5.41) is 4.48. The number of likely N-dealkylation sites (tertiary alicyclic amines) is 1. The van der Waals surface area contributed by atoms with Crippen molar-refractivity contribution in [3.8, 4) is 17.3 Å². The molecule has 0 atom stereocenters. The number of benzene rings is 1. The fourth-order valence-corrected chi connectivity index (χ4v) is 5.89. The van der Waals surface area contributed by atoms with Gasteiger partial charge in [0.25, 0.3) is 5.91 Å². The molecule has 2 aliphatic heterocycles. The van der Waals surface area contributed by atoms with Crippen LogP contribution in [0.25, 0.3) is 33.6 Å². The monoisotopic (exact) mass is 470 g/mol. The Morgan fingerprint density at radius 2 is 2.11 bits per heavy atom. The first-order valence-electron chi connectivity index (χ1n) is 12.5. The van der Waals surface area contributed by atoms with E-state index < -0.39 is 0 Å². The van der Waals surface area contributed by atoms with E-state index in [9.17, 15) is 4.79 Å². The minimum Gasteiger partial charge on any atom is -0.494 e. The summed E-state index contributed by atoms with van der Waals surface area (Å²) in [6.45, 7) is 4.59. The molecule has 0 radical (unpaired) electrons. The van der Waals surface area contributed by atoms with Crippen molar-refractivity contribution >= 4 is 28.0 Å². The van der Waals surface area contributed by atoms with Gasteiger partial charge in [0.15, 0.2) is 5.82 Å². The molecular weight excluding hydrogens is 440 g/mol. The number of methoxy groups -OCH3 is 1. The predicted molar refractivity (Wildman–Crippen MR) is 135 cm³/mol. The molecule has 1 spiro atoms. The molecule has 2 saturated heterocycles. The number of nitrogens with zero attached hydrogens (tertiary/aromatic N) is 5. The van der Waals surface area contributed by atoms with Gasteiger partial charge in [0, 0.05) is 62.3 Å². The normalized spacial score (nSPS) is 19.1. The van der Waals surface area contributed by atoms with Crippen LogP contribution in [0.2, 0.25) is 0 Å². The zero-order chi connectivity index (χ0) is 23.7. The van der Waals surface area contributed by atoms with Gasteiger partial charge in [-0.2, -0.15) is 0 Å². The quantitative estimate of drug-likeness (QED) is 0.484. The molecule has 1 aliphatic carbocycles. The van der Waals surface area contributed by atoms with Gasteiger partial charge >= 0.3 is 0 Å². The van der Waals surface area contributed by atoms with Gasteiger partial charge in [0.2, 0.25) is 0 Å². The Labute approximate surface area is 203 Å². The number of imidazole rings is 1. The molecule has 3 fully saturated rings. The van der Waals surface area contributed by atoms with E-state index in [0.717, 1.165) is 72.7 Å². The van der Waals surface area contributed by atoms with E-state index in [1.807, 2.05) is 36.3 Å². The maximum absolute atomic E-state index is 13.5. The fourth-order valence-electron chi connectivity index (χ4n) is 5.89. The van der Waals surface area contributed by atoms with Crippen molar-refractivity contribution in [2.75, 3.05) is 33.3 Å². The smallest absolute Gasteiger partial charge is 0.254 e. The summed E-state index contributed by atoms with van der Waals surface area (Å²) in [6.07, 6.45) is 5.45. The number of hydrogen-bond donors (Lipinski definition) is 1. The molecule has 180 valence electrons. The number of pyridine rings is 1. The van der Waals surface area contributed by atoms with Gasteiger partial charge in [-0.15, -0.1) is 0 Å². The van der Waals surface area contributed by atoms with E-state index >= 15 is 0 Å². The Morgan fingerprint density at radius 3 is 2.83 bits per heavy atom. The molecule has 1 aromatic carbocycles. The van der Waals surface area contributed by atoms with Crippen molar-refractivity contribution in [3.05, 3.63) is 42.1 Å². The number of aromatic nitrogens is 4. The summed E-state index contributed by atoms with van der Waals surface area (Å²) < 4.78 is 10.2. The summed E-state index contributed by atoms with van der Waals surface area (Å²) in [5.74, 6) is 2.30. The maximum Gasteiger partial charge on any atom is 0.254 e. The van der Waals surface area contributed by atoms with Gasteiger partial charge in [0.1, 0.15) is 16.9 Å². The van der Waals surface area contributed by atoms with Crippen LogP contribution in [-0.2, 0) is 13.6 Å². The second-order valence-corrected chi connectivity index (χ2v) is 10.6. The molecule has 3 aliphatic rings. The Hall–Kier alpha value is -3.39. The van der Waals surface area contributed by atoms with E-state index in [-0.39, 0.29) is 11.3 Å². The first-order valence-corrected chi connectivity index (χ1v) is 12.5. The highest BCUT2D eigenvalue weighted by molar-refractivity contribution is 6.00. The number of carbonyl (C=O) groups is 1. The standard InChI is InChI=1S/C27H30N6O2/c1-31-23-20(10-19(12-22(23)35-2)26(34)32-9-7-27(16-32)14-28-15-27)30-25(31)21-11-18-4-3-8-29-24(18)33(21)13-17-5-6-17/h3-4,8,10-12,17,28H,5-7,9,13-16H2,1-2H3. The number of carbonyl (C=O) groups excluding carboxylic acids is 1. The highest BCUT2D eigenvalue weighted by Gasteiger charge is 2.44. The van der Waals surface area contributed by atoms with Crippen molar-refractivity contribution in [2.24, 2.45) is 18.4 Å². The molecule has 1 N–H and O–H groups in total. The van der Waals surface area contributed by atoms with Crippen molar-refractivity contribution in [3.63, 3.8) is 0 Å². The number of fused-ring (bicyclic) bond motifs is 2. The topological polar surface area (TPSA) is 77.2 Å². The average Bonchev–Trinajstić information content (AvgIpc) is 3.28. The predicted octanol–water partition coefficient (Wildman–Crippen LogP) is 3.44. The van der Waals surface area contributed by atoms with Crippen LogP contribution < -0.4 is 10.1 Å². The van der Waals surface area contributed by atoms with E-state index in [2.05, 4.69) is 31.6 Å². The maximum atomic E-state index is 13.5. The lowest BCUT2D eigenvalue weighted by Gasteiger charge is -2.39. The third-order valence-corrected chi connectivity index (χ3v) is 8.15. The largest absolute Gasteiger partial charge is 0.494 e. The SMILES string of the molecule is COc1cc(C(=O)N2CCC3(CNC3)C2)cc2nc(-c3cc4cccnc4n3CC3CC3)n(C)c12. The minimum absolute atomic E-state index is 0.0632. The molecule has 35 heavy (non-hydrogen) atoms. The molecule has 8 heteroatoms. The summed E-state index contributed by atoms with van der Waals surface area (Å²) in [4.78, 5) is 25.2.